The van der Waals surface area contributed by atoms with E-state index in [9.17, 15) is 31.5 Å². The molecule has 2 N–H and O–H groups in total. The standard InChI is InChI=1S/C28H35F5N6O3/c1-27(2,30)14-38-13-16(4-7-23(38)28(31,32)33)35-25(40)15-8-17-5-6-18(9-15)39(17)26(41)22-11-21(36-37-22)19-10-24(42-3)34-12-20(19)29/h10-12,15-18,23H,4-9,13-14H2,1-3H3,(H,35,40)(H,36,37)/t15?,16-,17+,18?,23-/m0/s1. The molecule has 5 heterocycles. The Morgan fingerprint density at radius 2 is 1.79 bits per heavy atom. The first-order valence-corrected chi connectivity index (χ1v) is 14.1. The predicted octanol–water partition coefficient (Wildman–Crippen LogP) is 4.26. The molecule has 42 heavy (non-hydrogen) atoms. The third kappa shape index (κ3) is 6.37. The Morgan fingerprint density at radius 1 is 1.10 bits per heavy atom. The molecule has 2 aromatic heterocycles. The minimum absolute atomic E-state index is 0.0838. The molecule has 5 atom stereocenters. The van der Waals surface area contributed by atoms with E-state index in [0.717, 1.165) is 11.1 Å². The van der Waals surface area contributed by atoms with E-state index in [4.69, 9.17) is 4.74 Å². The van der Waals surface area contributed by atoms with E-state index < -0.39 is 35.7 Å². The van der Waals surface area contributed by atoms with Crippen molar-refractivity contribution in [2.45, 2.75) is 88.4 Å². The number of amides is 2. The highest BCUT2D eigenvalue weighted by Crippen LogP contribution is 2.40. The number of likely N-dealkylation sites (tertiary alicyclic amines) is 1. The van der Waals surface area contributed by atoms with Gasteiger partial charge < -0.3 is 15.0 Å². The number of pyridine rings is 1. The molecular weight excluding hydrogens is 563 g/mol. The van der Waals surface area contributed by atoms with Gasteiger partial charge in [0.25, 0.3) is 5.91 Å². The zero-order valence-electron chi connectivity index (χ0n) is 23.7. The molecule has 3 aliphatic rings. The van der Waals surface area contributed by atoms with Crippen molar-refractivity contribution < 1.29 is 36.3 Å². The number of piperidine rings is 2. The third-order valence-corrected chi connectivity index (χ3v) is 8.45. The van der Waals surface area contributed by atoms with Crippen LogP contribution < -0.4 is 10.1 Å². The number of fused-ring (bicyclic) bond motifs is 2. The van der Waals surface area contributed by atoms with Crippen LogP contribution in [0, 0.1) is 11.7 Å². The van der Waals surface area contributed by atoms with Gasteiger partial charge in [-0.05, 0) is 58.4 Å². The SMILES string of the molecule is COc1cc(-c2cc(C(=O)N3C4CC[C@@H]3CC(C(=O)N[C@H]3CC[C@@H](C(F)(F)F)N(CC(C)(C)F)C3)C4)[nH]n2)c(F)cn1. The summed E-state index contributed by atoms with van der Waals surface area (Å²) in [7, 11) is 1.41. The number of carbonyl (C=O) groups excluding carboxylic acids is 2. The summed E-state index contributed by atoms with van der Waals surface area (Å²) in [6.07, 6.45) is -1.26. The van der Waals surface area contributed by atoms with E-state index >= 15 is 0 Å². The van der Waals surface area contributed by atoms with Crippen LogP contribution in [0.15, 0.2) is 18.3 Å². The summed E-state index contributed by atoms with van der Waals surface area (Å²) in [6.45, 7) is 2.02. The van der Waals surface area contributed by atoms with Crippen molar-refractivity contribution in [2.24, 2.45) is 5.92 Å². The Kier molecular flexibility index (Phi) is 8.20. The topological polar surface area (TPSA) is 103 Å². The number of rotatable bonds is 7. The fourth-order valence-corrected chi connectivity index (χ4v) is 6.67. The third-order valence-electron chi connectivity index (χ3n) is 8.45. The van der Waals surface area contributed by atoms with Crippen molar-refractivity contribution in [3.63, 3.8) is 0 Å². The maximum absolute atomic E-state index is 14.4. The number of hydrogen-bond donors (Lipinski definition) is 2. The average Bonchev–Trinajstić information content (AvgIpc) is 3.49. The highest BCUT2D eigenvalue weighted by molar-refractivity contribution is 5.94. The number of methoxy groups -OCH3 is 1. The molecule has 0 aliphatic carbocycles. The Morgan fingerprint density at radius 3 is 2.40 bits per heavy atom. The lowest BCUT2D eigenvalue weighted by Gasteiger charge is -2.43. The van der Waals surface area contributed by atoms with Crippen molar-refractivity contribution in [2.75, 3.05) is 20.2 Å². The number of alkyl halides is 4. The molecule has 2 bridgehead atoms. The molecular formula is C28H35F5N6O3. The monoisotopic (exact) mass is 598 g/mol. The van der Waals surface area contributed by atoms with Gasteiger partial charge >= 0.3 is 6.18 Å². The molecule has 0 spiro atoms. The molecule has 230 valence electrons. The largest absolute Gasteiger partial charge is 0.481 e. The molecule has 3 fully saturated rings. The minimum Gasteiger partial charge on any atom is -0.481 e. The second-order valence-corrected chi connectivity index (χ2v) is 12.1. The van der Waals surface area contributed by atoms with E-state index in [1.54, 1.807) is 4.90 Å². The van der Waals surface area contributed by atoms with Crippen molar-refractivity contribution in [3.8, 4) is 17.1 Å². The van der Waals surface area contributed by atoms with Crippen LogP contribution in [0.2, 0.25) is 0 Å². The Bertz CT molecular complexity index is 1300. The van der Waals surface area contributed by atoms with Gasteiger partial charge in [0.2, 0.25) is 11.8 Å². The van der Waals surface area contributed by atoms with Crippen molar-refractivity contribution >= 4 is 11.8 Å². The lowest BCUT2D eigenvalue weighted by atomic mass is 9.88. The first kappa shape index (κ1) is 30.2. The fraction of sp³-hybridized carbons (Fsp3) is 0.643. The summed E-state index contributed by atoms with van der Waals surface area (Å²) in [4.78, 5) is 33.4. The fourth-order valence-electron chi connectivity index (χ4n) is 6.67. The number of nitrogens with zero attached hydrogens (tertiary/aromatic N) is 4. The molecule has 14 heteroatoms. The number of aromatic nitrogens is 3. The predicted molar refractivity (Wildman–Crippen MR) is 142 cm³/mol. The Hall–Kier alpha value is -3.29. The van der Waals surface area contributed by atoms with Gasteiger partial charge in [-0.25, -0.2) is 13.8 Å². The molecule has 3 aliphatic heterocycles. The summed E-state index contributed by atoms with van der Waals surface area (Å²) >= 11 is 0. The van der Waals surface area contributed by atoms with E-state index in [0.29, 0.717) is 25.7 Å². The lowest BCUT2D eigenvalue weighted by molar-refractivity contribution is -0.196. The molecule has 3 saturated heterocycles. The zero-order valence-corrected chi connectivity index (χ0v) is 23.7. The van der Waals surface area contributed by atoms with Crippen LogP contribution in [0.4, 0.5) is 22.0 Å². The van der Waals surface area contributed by atoms with Crippen LogP contribution in [0.25, 0.3) is 11.3 Å². The summed E-state index contributed by atoms with van der Waals surface area (Å²) in [5.74, 6) is -1.35. The summed E-state index contributed by atoms with van der Waals surface area (Å²) < 4.78 is 74.5. The molecule has 0 aromatic carbocycles. The number of aromatic amines is 1. The van der Waals surface area contributed by atoms with Crippen LogP contribution in [0.1, 0.15) is 62.9 Å². The lowest BCUT2D eigenvalue weighted by Crippen LogP contribution is -2.59. The smallest absolute Gasteiger partial charge is 0.404 e. The van der Waals surface area contributed by atoms with Gasteiger partial charge in [-0.15, -0.1) is 0 Å². The van der Waals surface area contributed by atoms with Gasteiger partial charge in [0.1, 0.15) is 17.4 Å². The number of ether oxygens (including phenoxy) is 1. The van der Waals surface area contributed by atoms with Gasteiger partial charge in [-0.1, -0.05) is 0 Å². The number of nitrogens with one attached hydrogen (secondary N) is 2. The number of carbonyl (C=O) groups is 2. The first-order chi connectivity index (χ1) is 19.7. The minimum atomic E-state index is -4.48. The molecule has 2 unspecified atom stereocenters. The van der Waals surface area contributed by atoms with Gasteiger partial charge in [0, 0.05) is 48.8 Å². The van der Waals surface area contributed by atoms with E-state index in [-0.39, 0.29) is 72.7 Å². The normalized spacial score (nSPS) is 26.8. The van der Waals surface area contributed by atoms with Gasteiger partial charge in [-0.3, -0.25) is 19.6 Å². The van der Waals surface area contributed by atoms with Gasteiger partial charge in [0.15, 0.2) is 5.82 Å². The van der Waals surface area contributed by atoms with E-state index in [1.807, 2.05) is 0 Å². The molecule has 0 radical (unpaired) electrons. The maximum atomic E-state index is 14.4. The van der Waals surface area contributed by atoms with Crippen LogP contribution in [-0.2, 0) is 4.79 Å². The van der Waals surface area contributed by atoms with Crippen LogP contribution in [0.3, 0.4) is 0 Å². The van der Waals surface area contributed by atoms with Crippen molar-refractivity contribution in [3.05, 3.63) is 29.8 Å². The van der Waals surface area contributed by atoms with Crippen molar-refractivity contribution in [1.82, 2.24) is 30.3 Å². The molecule has 2 aromatic rings. The average molecular weight is 599 g/mol. The van der Waals surface area contributed by atoms with Gasteiger partial charge in [0.05, 0.1) is 19.0 Å². The summed E-state index contributed by atoms with van der Waals surface area (Å²) in [5, 5.41) is 9.72. The van der Waals surface area contributed by atoms with Crippen LogP contribution in [-0.4, -0.2) is 93.0 Å². The summed E-state index contributed by atoms with van der Waals surface area (Å²) in [5.41, 5.74) is -1.27. The second kappa shape index (κ2) is 11.4. The molecule has 9 nitrogen and oxygen atoms in total. The van der Waals surface area contributed by atoms with E-state index in [1.165, 1.54) is 33.1 Å². The zero-order chi connectivity index (χ0) is 30.4. The Labute approximate surface area is 240 Å². The quantitative estimate of drug-likeness (QED) is 0.462. The van der Waals surface area contributed by atoms with Crippen molar-refractivity contribution in [1.29, 1.82) is 0 Å². The van der Waals surface area contributed by atoms with E-state index in [2.05, 4.69) is 20.5 Å². The molecule has 5 rings (SSSR count). The highest BCUT2D eigenvalue weighted by Gasteiger charge is 2.49. The highest BCUT2D eigenvalue weighted by atomic mass is 19.4. The Balaban J connectivity index is 1.22. The first-order valence-electron chi connectivity index (χ1n) is 14.1. The second-order valence-electron chi connectivity index (χ2n) is 12.1. The molecule has 0 saturated carbocycles. The number of halogens is 5. The number of hydrogen-bond acceptors (Lipinski definition) is 6. The maximum Gasteiger partial charge on any atom is 0.404 e. The van der Waals surface area contributed by atoms with Gasteiger partial charge in [-0.2, -0.15) is 18.3 Å². The van der Waals surface area contributed by atoms with Crippen LogP contribution >= 0.6 is 0 Å². The molecule has 2 amide bonds. The van der Waals surface area contributed by atoms with Crippen LogP contribution in [0.5, 0.6) is 5.88 Å². The number of H-pyrrole nitrogens is 1. The summed E-state index contributed by atoms with van der Waals surface area (Å²) in [6, 6.07) is 0.209.